The van der Waals surface area contributed by atoms with Crippen molar-refractivity contribution in [2.24, 2.45) is 0 Å². The molecule has 4 heteroatoms. The van der Waals surface area contributed by atoms with Crippen molar-refractivity contribution in [2.45, 2.75) is 31.8 Å². The predicted molar refractivity (Wildman–Crippen MR) is 140 cm³/mol. The van der Waals surface area contributed by atoms with Crippen LogP contribution in [0.2, 0.25) is 0 Å². The quantitative estimate of drug-likeness (QED) is 0.236. The highest BCUT2D eigenvalue weighted by Crippen LogP contribution is 2.29. The second-order valence-corrected chi connectivity index (χ2v) is 8.60. The van der Waals surface area contributed by atoms with Gasteiger partial charge in [-0.3, -0.25) is 4.90 Å². The number of piperidine rings is 1. The van der Waals surface area contributed by atoms with Crippen molar-refractivity contribution in [2.75, 3.05) is 13.2 Å². The zero-order chi connectivity index (χ0) is 24.5. The summed E-state index contributed by atoms with van der Waals surface area (Å²) in [5, 5.41) is 9.96. The lowest BCUT2D eigenvalue weighted by Gasteiger charge is -2.32. The van der Waals surface area contributed by atoms with Crippen molar-refractivity contribution >= 4 is 18.4 Å². The monoisotopic (exact) mass is 460 g/mol. The van der Waals surface area contributed by atoms with E-state index in [1.54, 1.807) is 0 Å². The normalized spacial score (nSPS) is 15.9. The Morgan fingerprint density at radius 1 is 1.03 bits per heavy atom. The van der Waals surface area contributed by atoms with Crippen LogP contribution in [0.25, 0.3) is 23.3 Å². The first kappa shape index (κ1) is 24.0. The van der Waals surface area contributed by atoms with Crippen molar-refractivity contribution in [1.82, 2.24) is 4.90 Å². The molecule has 0 N–H and O–H groups in total. The second-order valence-electron chi connectivity index (χ2n) is 8.60. The number of benzene rings is 3. The summed E-state index contributed by atoms with van der Waals surface area (Å²) < 4.78 is 5.66. The number of hydrogen-bond donors (Lipinski definition) is 0. The van der Waals surface area contributed by atoms with E-state index in [9.17, 15) is 10.1 Å². The lowest BCUT2D eigenvalue weighted by atomic mass is 9.95. The summed E-state index contributed by atoms with van der Waals surface area (Å²) in [6, 6.07) is 24.1. The van der Waals surface area contributed by atoms with E-state index in [0.717, 1.165) is 59.9 Å². The maximum absolute atomic E-state index is 11.6. The van der Waals surface area contributed by atoms with Crippen LogP contribution in [0.1, 0.15) is 41.5 Å². The Kier molecular flexibility index (Phi) is 8.12. The molecule has 3 aromatic rings. The van der Waals surface area contributed by atoms with Gasteiger partial charge < -0.3 is 9.53 Å². The average Bonchev–Trinajstić information content (AvgIpc) is 2.92. The van der Waals surface area contributed by atoms with E-state index in [-0.39, 0.29) is 12.6 Å². The molecular formula is C31H28N2O2. The van der Waals surface area contributed by atoms with Gasteiger partial charge in [0.05, 0.1) is 11.6 Å². The van der Waals surface area contributed by atoms with Crippen molar-refractivity contribution in [1.29, 1.82) is 5.26 Å². The largest absolute Gasteiger partial charge is 0.481 e. The summed E-state index contributed by atoms with van der Waals surface area (Å²) in [7, 11) is 0. The predicted octanol–water partition coefficient (Wildman–Crippen LogP) is 5.96. The first-order valence-electron chi connectivity index (χ1n) is 11.9. The first-order chi connectivity index (χ1) is 17.2. The lowest BCUT2D eigenvalue weighted by molar-refractivity contribution is -0.113. The van der Waals surface area contributed by atoms with Crippen LogP contribution in [0.5, 0.6) is 5.75 Å². The summed E-state index contributed by atoms with van der Waals surface area (Å²) in [5.41, 5.74) is 5.47. The number of nitriles is 1. The average molecular weight is 461 g/mol. The van der Waals surface area contributed by atoms with Crippen LogP contribution in [-0.4, -0.2) is 30.4 Å². The highest BCUT2D eigenvalue weighted by atomic mass is 16.5. The molecule has 4 nitrogen and oxygen atoms in total. The number of terminal acetylenes is 1. The molecule has 0 spiro atoms. The molecule has 0 amide bonds. The number of hydrogen-bond acceptors (Lipinski definition) is 4. The third-order valence-electron chi connectivity index (χ3n) is 6.37. The van der Waals surface area contributed by atoms with E-state index in [1.165, 1.54) is 0 Å². The standard InChI is InChI=1S/C31H28N2O2/c1-2-19-35-29-17-16-27(22-33-18-7-6-12-28(33)23-34)26(20-29)15-14-25-11-8-13-30(31(25)21-32)24-9-4-3-5-10-24/h1,3-5,8-11,13-17,20,23,28H,6-7,12,18-19,22H2/b15-14+. The molecule has 0 aliphatic carbocycles. The number of rotatable bonds is 8. The van der Waals surface area contributed by atoms with E-state index in [4.69, 9.17) is 11.2 Å². The van der Waals surface area contributed by atoms with E-state index in [0.29, 0.717) is 17.9 Å². The summed E-state index contributed by atoms with van der Waals surface area (Å²) >= 11 is 0. The highest BCUT2D eigenvalue weighted by molar-refractivity contribution is 5.81. The molecule has 1 fully saturated rings. The maximum atomic E-state index is 11.6. The van der Waals surface area contributed by atoms with E-state index in [1.807, 2.05) is 78.9 Å². The number of ether oxygens (including phenoxy) is 1. The summed E-state index contributed by atoms with van der Waals surface area (Å²) in [6.45, 7) is 1.77. The van der Waals surface area contributed by atoms with Gasteiger partial charge in [0.1, 0.15) is 24.7 Å². The van der Waals surface area contributed by atoms with Gasteiger partial charge in [0.15, 0.2) is 0 Å². The van der Waals surface area contributed by atoms with Gasteiger partial charge in [-0.2, -0.15) is 5.26 Å². The van der Waals surface area contributed by atoms with Gasteiger partial charge in [-0.1, -0.05) is 79.1 Å². The van der Waals surface area contributed by atoms with Crippen molar-refractivity contribution < 1.29 is 9.53 Å². The fourth-order valence-corrected chi connectivity index (χ4v) is 4.54. The molecule has 0 saturated carbocycles. The maximum Gasteiger partial charge on any atom is 0.148 e. The first-order valence-corrected chi connectivity index (χ1v) is 11.9. The molecule has 1 saturated heterocycles. The molecule has 1 aliphatic heterocycles. The molecule has 1 unspecified atom stereocenters. The fourth-order valence-electron chi connectivity index (χ4n) is 4.54. The zero-order valence-electron chi connectivity index (χ0n) is 19.7. The van der Waals surface area contributed by atoms with Crippen LogP contribution >= 0.6 is 0 Å². The van der Waals surface area contributed by atoms with Gasteiger partial charge in [-0.05, 0) is 53.8 Å². The van der Waals surface area contributed by atoms with Crippen molar-refractivity contribution in [3.63, 3.8) is 0 Å². The number of carbonyl (C=O) groups is 1. The summed E-state index contributed by atoms with van der Waals surface area (Å²) in [5.74, 6) is 3.19. The molecule has 1 atom stereocenters. The Morgan fingerprint density at radius 3 is 2.63 bits per heavy atom. The Morgan fingerprint density at radius 2 is 1.86 bits per heavy atom. The Bertz CT molecular complexity index is 1280. The Hall–Kier alpha value is -4.12. The second kappa shape index (κ2) is 11.8. The third-order valence-corrected chi connectivity index (χ3v) is 6.37. The van der Waals surface area contributed by atoms with Gasteiger partial charge in [-0.25, -0.2) is 0 Å². The van der Waals surface area contributed by atoms with Gasteiger partial charge >= 0.3 is 0 Å². The molecule has 4 rings (SSSR count). The molecule has 35 heavy (non-hydrogen) atoms. The molecule has 174 valence electrons. The van der Waals surface area contributed by atoms with Crippen LogP contribution in [0, 0.1) is 23.7 Å². The number of carbonyl (C=O) groups excluding carboxylic acids is 1. The van der Waals surface area contributed by atoms with Crippen LogP contribution in [0.3, 0.4) is 0 Å². The molecule has 1 heterocycles. The van der Waals surface area contributed by atoms with Crippen LogP contribution in [0.15, 0.2) is 66.7 Å². The molecule has 0 aromatic heterocycles. The molecule has 1 aliphatic rings. The fraction of sp³-hybridized carbons (Fsp3) is 0.226. The van der Waals surface area contributed by atoms with E-state index < -0.39 is 0 Å². The lowest BCUT2D eigenvalue weighted by Crippen LogP contribution is -2.40. The van der Waals surface area contributed by atoms with Crippen LogP contribution in [-0.2, 0) is 11.3 Å². The molecule has 3 aromatic carbocycles. The minimum atomic E-state index is -0.0503. The Balaban J connectivity index is 1.69. The van der Waals surface area contributed by atoms with Gasteiger partial charge in [0.25, 0.3) is 0 Å². The van der Waals surface area contributed by atoms with Crippen LogP contribution in [0.4, 0.5) is 0 Å². The van der Waals surface area contributed by atoms with Gasteiger partial charge in [0, 0.05) is 12.1 Å². The zero-order valence-corrected chi connectivity index (χ0v) is 19.7. The van der Waals surface area contributed by atoms with Crippen LogP contribution < -0.4 is 4.74 Å². The molecule has 0 bridgehead atoms. The van der Waals surface area contributed by atoms with Crippen molar-refractivity contribution in [3.05, 3.63) is 89.0 Å². The number of likely N-dealkylation sites (tertiary alicyclic amines) is 1. The molecular weight excluding hydrogens is 432 g/mol. The smallest absolute Gasteiger partial charge is 0.148 e. The highest BCUT2D eigenvalue weighted by Gasteiger charge is 2.22. The minimum absolute atomic E-state index is 0.0503. The van der Waals surface area contributed by atoms with Gasteiger partial charge in [-0.15, -0.1) is 6.42 Å². The number of aldehydes is 1. The molecule has 0 radical (unpaired) electrons. The topological polar surface area (TPSA) is 53.3 Å². The summed E-state index contributed by atoms with van der Waals surface area (Å²) in [4.78, 5) is 13.9. The van der Waals surface area contributed by atoms with E-state index >= 15 is 0 Å². The summed E-state index contributed by atoms with van der Waals surface area (Å²) in [6.07, 6.45) is 13.5. The third kappa shape index (κ3) is 5.87. The van der Waals surface area contributed by atoms with Crippen molar-refractivity contribution in [3.8, 4) is 35.3 Å². The SMILES string of the molecule is C#CCOc1ccc(CN2CCCCC2C=O)c(/C=C/c2cccc(-c3ccccc3)c2C#N)c1. The van der Waals surface area contributed by atoms with Gasteiger partial charge in [0.2, 0.25) is 0 Å². The minimum Gasteiger partial charge on any atom is -0.481 e. The number of nitrogens with zero attached hydrogens (tertiary/aromatic N) is 2. The van der Waals surface area contributed by atoms with E-state index in [2.05, 4.69) is 16.9 Å². The Labute approximate surface area is 207 Å².